The molecule has 4 N–H and O–H groups in total. The lowest BCUT2D eigenvalue weighted by molar-refractivity contribution is -0.893. The van der Waals surface area contributed by atoms with Crippen LogP contribution in [0.15, 0.2) is 21.8 Å². The second-order valence-corrected chi connectivity index (χ2v) is 10.2. The Bertz CT molecular complexity index is 1020. The number of hydrogen-bond donors (Lipinski definition) is 3. The highest BCUT2D eigenvalue weighted by molar-refractivity contribution is 8.00. The number of rotatable bonds is 7. The molecule has 0 bridgehead atoms. The maximum atomic E-state index is 12.9. The normalized spacial score (nSPS) is 24.0. The van der Waals surface area contributed by atoms with Crippen molar-refractivity contribution in [3.63, 3.8) is 0 Å². The van der Waals surface area contributed by atoms with Crippen LogP contribution in [0.5, 0.6) is 0 Å². The van der Waals surface area contributed by atoms with Gasteiger partial charge in [-0.25, -0.2) is 9.78 Å². The fourth-order valence-electron chi connectivity index (χ4n) is 4.42. The summed E-state index contributed by atoms with van der Waals surface area (Å²) in [6, 6.07) is -0.863. The molecule has 4 heterocycles. The molecule has 1 unspecified atom stereocenters. The Morgan fingerprint density at radius 3 is 2.70 bits per heavy atom. The van der Waals surface area contributed by atoms with Gasteiger partial charge in [-0.05, 0) is 0 Å². The molecule has 11 nitrogen and oxygen atoms in total. The van der Waals surface area contributed by atoms with E-state index in [-0.39, 0.29) is 34.6 Å². The molecule has 33 heavy (non-hydrogen) atoms. The van der Waals surface area contributed by atoms with Crippen molar-refractivity contribution in [2.24, 2.45) is 5.16 Å². The first-order valence-corrected chi connectivity index (χ1v) is 12.0. The first kappa shape index (κ1) is 25.3. The summed E-state index contributed by atoms with van der Waals surface area (Å²) in [6.07, 6.45) is 2.24. The van der Waals surface area contributed by atoms with Crippen molar-refractivity contribution in [1.29, 1.82) is 0 Å². The van der Waals surface area contributed by atoms with Crippen molar-refractivity contribution >= 4 is 51.7 Å². The number of nitrogen functional groups attached to an aromatic ring is 1. The van der Waals surface area contributed by atoms with E-state index in [2.05, 4.69) is 22.5 Å². The van der Waals surface area contributed by atoms with Crippen LogP contribution >= 0.6 is 23.1 Å². The highest BCUT2D eigenvalue weighted by atomic mass is 35.5. The molecule has 2 atom stereocenters. The van der Waals surface area contributed by atoms with Gasteiger partial charge in [0.05, 0.1) is 20.1 Å². The number of β-lactam (4-membered cyclic amide) rings is 1. The Morgan fingerprint density at radius 2 is 2.12 bits per heavy atom. The van der Waals surface area contributed by atoms with Gasteiger partial charge in [0.1, 0.15) is 36.5 Å². The molecule has 3 aliphatic rings. The summed E-state index contributed by atoms with van der Waals surface area (Å²) in [5.41, 5.74) is 6.59. The average Bonchev–Trinajstić information content (AvgIpc) is 3.37. The standard InChI is InChI=1S/C19H24N6O5S2.ClH/c1-25(5-3-4-6-25)7-10-8-31-17-13(16(27)24(17)14(10)18(28)29)22-15(26)12(23-30-2)11-9-32-19(20)21-11;/h9,13,17H,3-8H2,1-2H3,(H3-,20,21,22,26,28,29);1H/t13-,17?;/m1./s1. The van der Waals surface area contributed by atoms with Crippen LogP contribution < -0.4 is 23.5 Å². The molecule has 0 radical (unpaired) electrons. The van der Waals surface area contributed by atoms with Crippen LogP contribution in [-0.2, 0) is 19.2 Å². The van der Waals surface area contributed by atoms with Crippen molar-refractivity contribution in [2.45, 2.75) is 24.3 Å². The summed E-state index contributed by atoms with van der Waals surface area (Å²) in [5, 5.41) is 17.6. The number of nitrogens with one attached hydrogen (secondary N) is 1. The molecular formula is C19H25ClN6O5S2. The van der Waals surface area contributed by atoms with Gasteiger partial charge in [0.15, 0.2) is 10.8 Å². The van der Waals surface area contributed by atoms with E-state index in [1.54, 1.807) is 5.38 Å². The Hall–Kier alpha value is -2.35. The number of nitrogens with two attached hydrogens (primary N) is 1. The average molecular weight is 517 g/mol. The summed E-state index contributed by atoms with van der Waals surface area (Å²) in [5.74, 6) is -1.71. The number of hydrogen-bond acceptors (Lipinski definition) is 9. The number of aliphatic carboxylic acids is 1. The summed E-state index contributed by atoms with van der Waals surface area (Å²) < 4.78 is 0.785. The zero-order chi connectivity index (χ0) is 23.0. The lowest BCUT2D eigenvalue weighted by Crippen LogP contribution is -3.00. The van der Waals surface area contributed by atoms with Gasteiger partial charge in [0.2, 0.25) is 0 Å². The van der Waals surface area contributed by atoms with Crippen molar-refractivity contribution in [3.8, 4) is 0 Å². The third-order valence-corrected chi connectivity index (χ3v) is 7.93. The van der Waals surface area contributed by atoms with Gasteiger partial charge in [-0.2, -0.15) is 0 Å². The van der Waals surface area contributed by atoms with Gasteiger partial charge < -0.3 is 37.9 Å². The number of carbonyl (C=O) groups is 3. The van der Waals surface area contributed by atoms with E-state index < -0.39 is 29.2 Å². The maximum Gasteiger partial charge on any atom is 0.352 e. The van der Waals surface area contributed by atoms with Gasteiger partial charge in [0.25, 0.3) is 11.8 Å². The minimum absolute atomic E-state index is 0. The number of thiazole rings is 1. The number of quaternary nitrogens is 1. The molecule has 0 aliphatic carbocycles. The Kier molecular flexibility index (Phi) is 7.56. The molecule has 0 saturated carbocycles. The number of amides is 2. The van der Waals surface area contributed by atoms with Crippen LogP contribution in [-0.4, -0.2) is 93.9 Å². The quantitative estimate of drug-likeness (QED) is 0.151. The highest BCUT2D eigenvalue weighted by Crippen LogP contribution is 2.41. The van der Waals surface area contributed by atoms with Gasteiger partial charge >= 0.3 is 5.97 Å². The molecular weight excluding hydrogens is 492 g/mol. The van der Waals surface area contributed by atoms with E-state index in [9.17, 15) is 19.5 Å². The van der Waals surface area contributed by atoms with Crippen molar-refractivity contribution in [1.82, 2.24) is 15.2 Å². The summed E-state index contributed by atoms with van der Waals surface area (Å²) in [4.78, 5) is 47.9. The number of carboxylic acid groups (broad SMARTS) is 1. The molecule has 0 spiro atoms. The molecule has 0 aromatic carbocycles. The minimum Gasteiger partial charge on any atom is -1.00 e. The van der Waals surface area contributed by atoms with Gasteiger partial charge in [-0.1, -0.05) is 5.16 Å². The van der Waals surface area contributed by atoms with Crippen LogP contribution in [0.25, 0.3) is 0 Å². The van der Waals surface area contributed by atoms with E-state index in [0.717, 1.165) is 47.3 Å². The first-order chi connectivity index (χ1) is 15.2. The second-order valence-electron chi connectivity index (χ2n) is 8.24. The predicted molar refractivity (Wildman–Crippen MR) is 120 cm³/mol. The zero-order valence-electron chi connectivity index (χ0n) is 18.1. The number of fused-ring (bicyclic) bond motifs is 1. The summed E-state index contributed by atoms with van der Waals surface area (Å²) >= 11 is 2.61. The second kappa shape index (κ2) is 9.87. The fraction of sp³-hybridized carbons (Fsp3) is 0.526. The number of anilines is 1. The van der Waals surface area contributed by atoms with Crippen LogP contribution in [0.1, 0.15) is 18.5 Å². The largest absolute Gasteiger partial charge is 1.00 e. The first-order valence-electron chi connectivity index (χ1n) is 10.1. The number of likely N-dealkylation sites (tertiary alicyclic amines) is 1. The van der Waals surface area contributed by atoms with Crippen molar-refractivity contribution < 1.29 is 41.2 Å². The monoisotopic (exact) mass is 516 g/mol. The molecule has 180 valence electrons. The van der Waals surface area contributed by atoms with Crippen molar-refractivity contribution in [3.05, 3.63) is 22.3 Å². The molecule has 2 fully saturated rings. The number of halogens is 1. The molecule has 1 aromatic rings. The lowest BCUT2D eigenvalue weighted by atomic mass is 10.0. The minimum atomic E-state index is -1.12. The molecule has 1 aromatic heterocycles. The number of oxime groups is 1. The predicted octanol–water partition coefficient (Wildman–Crippen LogP) is -2.94. The summed E-state index contributed by atoms with van der Waals surface area (Å²) in [7, 11) is 3.42. The van der Waals surface area contributed by atoms with Crippen molar-refractivity contribution in [2.75, 3.05) is 45.3 Å². The Morgan fingerprint density at radius 1 is 1.42 bits per heavy atom. The number of carboxylic acids is 1. The topological polar surface area (TPSA) is 147 Å². The third kappa shape index (κ3) is 4.81. The highest BCUT2D eigenvalue weighted by Gasteiger charge is 2.55. The number of nitrogens with zero attached hydrogens (tertiary/aromatic N) is 4. The number of likely N-dealkylation sites (N-methyl/N-ethyl adjacent to an activating group) is 1. The summed E-state index contributed by atoms with van der Waals surface area (Å²) in [6.45, 7) is 2.61. The van der Waals surface area contributed by atoms with E-state index in [1.807, 2.05) is 0 Å². The van der Waals surface area contributed by atoms with E-state index in [1.165, 1.54) is 23.8 Å². The van der Waals surface area contributed by atoms with Gasteiger partial charge in [-0.3, -0.25) is 14.5 Å². The lowest BCUT2D eigenvalue weighted by Gasteiger charge is -2.49. The van der Waals surface area contributed by atoms with Gasteiger partial charge in [-0.15, -0.1) is 23.1 Å². The number of thioether (sulfide) groups is 1. The fourth-order valence-corrected chi connectivity index (χ4v) is 6.31. The van der Waals surface area contributed by atoms with Crippen LogP contribution in [0, 0.1) is 0 Å². The molecule has 2 saturated heterocycles. The van der Waals surface area contributed by atoms with Crippen LogP contribution in [0.3, 0.4) is 0 Å². The van der Waals surface area contributed by atoms with Crippen LogP contribution in [0.2, 0.25) is 0 Å². The van der Waals surface area contributed by atoms with E-state index in [0.29, 0.717) is 12.3 Å². The van der Waals surface area contributed by atoms with E-state index in [4.69, 9.17) is 10.6 Å². The number of aromatic nitrogens is 1. The number of carbonyl (C=O) groups excluding carboxylic acids is 2. The van der Waals surface area contributed by atoms with Gasteiger partial charge in [0, 0.05) is 29.5 Å². The Balaban J connectivity index is 0.00000306. The Labute approximate surface area is 205 Å². The zero-order valence-corrected chi connectivity index (χ0v) is 20.5. The molecule has 3 aliphatic heterocycles. The van der Waals surface area contributed by atoms with Crippen LogP contribution in [0.4, 0.5) is 5.13 Å². The third-order valence-electron chi connectivity index (χ3n) is 5.92. The maximum absolute atomic E-state index is 12.9. The SMILES string of the molecule is CON=C(C(=O)N[C@@H]1C(=O)N2C(C(=O)O)=C(C[N+]3(C)CCCC3)CSC12)c1csc(N)n1.[Cl-]. The molecule has 4 rings (SSSR count). The smallest absolute Gasteiger partial charge is 0.352 e. The molecule has 2 amide bonds. The molecule has 14 heteroatoms. The van der Waals surface area contributed by atoms with E-state index >= 15 is 0 Å².